The lowest BCUT2D eigenvalue weighted by atomic mass is 10.1. The normalized spacial score (nSPS) is 19.1. The van der Waals surface area contributed by atoms with Gasteiger partial charge < -0.3 is 10.1 Å². The quantitative estimate of drug-likeness (QED) is 0.829. The van der Waals surface area contributed by atoms with Crippen LogP contribution in [0.25, 0.3) is 0 Å². The van der Waals surface area contributed by atoms with Crippen molar-refractivity contribution in [1.29, 1.82) is 0 Å². The zero-order valence-electron chi connectivity index (χ0n) is 12.6. The van der Waals surface area contributed by atoms with Crippen molar-refractivity contribution in [2.24, 2.45) is 0 Å². The number of nitrogens with one attached hydrogen (secondary N) is 1. The third kappa shape index (κ3) is 4.29. The Bertz CT molecular complexity index is 499. The number of benzene rings is 1. The topological polar surface area (TPSA) is 58.6 Å². The number of esters is 1. The van der Waals surface area contributed by atoms with Crippen LogP contribution in [0.15, 0.2) is 24.3 Å². The molecule has 0 spiro atoms. The Morgan fingerprint density at radius 1 is 1.38 bits per heavy atom. The Morgan fingerprint density at radius 3 is 2.76 bits per heavy atom. The largest absolute Gasteiger partial charge is 0.466 e. The number of piperazine rings is 1. The van der Waals surface area contributed by atoms with Gasteiger partial charge in [0.25, 0.3) is 0 Å². The Morgan fingerprint density at radius 2 is 2.10 bits per heavy atom. The molecule has 1 atom stereocenters. The molecule has 0 saturated carbocycles. The van der Waals surface area contributed by atoms with E-state index in [1.165, 1.54) is 5.56 Å². The zero-order chi connectivity index (χ0) is 15.2. The lowest BCUT2D eigenvalue weighted by Crippen LogP contribution is -2.55. The van der Waals surface area contributed by atoms with Crippen molar-refractivity contribution in [3.63, 3.8) is 0 Å². The maximum atomic E-state index is 12.0. The molecular weight excluding hydrogens is 268 g/mol. The van der Waals surface area contributed by atoms with Crippen LogP contribution in [0.1, 0.15) is 24.5 Å². The maximum absolute atomic E-state index is 12.0. The van der Waals surface area contributed by atoms with Gasteiger partial charge in [0, 0.05) is 19.6 Å². The fourth-order valence-electron chi connectivity index (χ4n) is 2.48. The minimum atomic E-state index is -0.445. The first-order chi connectivity index (χ1) is 10.1. The zero-order valence-corrected chi connectivity index (χ0v) is 12.6. The number of hydrogen-bond donors (Lipinski definition) is 1. The minimum Gasteiger partial charge on any atom is -0.466 e. The van der Waals surface area contributed by atoms with Crippen molar-refractivity contribution in [2.45, 2.75) is 32.9 Å². The summed E-state index contributed by atoms with van der Waals surface area (Å²) in [6.07, 6.45) is 0.103. The molecule has 2 rings (SSSR count). The van der Waals surface area contributed by atoms with Crippen LogP contribution in [0, 0.1) is 6.92 Å². The highest BCUT2D eigenvalue weighted by Gasteiger charge is 2.31. The average molecular weight is 290 g/mol. The second kappa shape index (κ2) is 7.22. The summed E-state index contributed by atoms with van der Waals surface area (Å²) >= 11 is 0. The smallest absolute Gasteiger partial charge is 0.307 e. The lowest BCUT2D eigenvalue weighted by molar-refractivity contribution is -0.148. The molecule has 1 heterocycles. The third-order valence-electron chi connectivity index (χ3n) is 3.61. The summed E-state index contributed by atoms with van der Waals surface area (Å²) in [7, 11) is 0. The predicted molar refractivity (Wildman–Crippen MR) is 79.6 cm³/mol. The predicted octanol–water partition coefficient (Wildman–Crippen LogP) is 1.25. The van der Waals surface area contributed by atoms with E-state index in [1.807, 2.05) is 11.8 Å². The molecule has 0 aromatic heterocycles. The van der Waals surface area contributed by atoms with Crippen LogP contribution >= 0.6 is 0 Å². The molecule has 1 N–H and O–H groups in total. The van der Waals surface area contributed by atoms with Crippen molar-refractivity contribution in [3.05, 3.63) is 35.4 Å². The van der Waals surface area contributed by atoms with Gasteiger partial charge in [0.15, 0.2) is 0 Å². The molecule has 114 valence electrons. The number of amides is 1. The molecule has 1 saturated heterocycles. The van der Waals surface area contributed by atoms with Gasteiger partial charge in [0.1, 0.15) is 6.04 Å². The van der Waals surface area contributed by atoms with Crippen molar-refractivity contribution in [1.82, 2.24) is 10.2 Å². The number of carbonyl (C=O) groups is 2. The first-order valence-electron chi connectivity index (χ1n) is 7.33. The van der Waals surface area contributed by atoms with Gasteiger partial charge in [0.05, 0.1) is 13.0 Å². The first-order valence-corrected chi connectivity index (χ1v) is 7.33. The van der Waals surface area contributed by atoms with Crippen LogP contribution in [0.4, 0.5) is 0 Å². The summed E-state index contributed by atoms with van der Waals surface area (Å²) in [4.78, 5) is 25.7. The summed E-state index contributed by atoms with van der Waals surface area (Å²) in [6, 6.07) is 7.78. The second-order valence-electron chi connectivity index (χ2n) is 5.27. The summed E-state index contributed by atoms with van der Waals surface area (Å²) in [5.41, 5.74) is 2.35. The number of aryl methyl sites for hydroxylation is 1. The molecule has 1 aromatic carbocycles. The molecule has 1 aromatic rings. The van der Waals surface area contributed by atoms with E-state index in [2.05, 4.69) is 29.6 Å². The van der Waals surface area contributed by atoms with Gasteiger partial charge >= 0.3 is 5.97 Å². The monoisotopic (exact) mass is 290 g/mol. The summed E-state index contributed by atoms with van der Waals surface area (Å²) in [6.45, 7) is 6.17. The second-order valence-corrected chi connectivity index (χ2v) is 5.27. The van der Waals surface area contributed by atoms with Gasteiger partial charge in [-0.2, -0.15) is 0 Å². The fraction of sp³-hybridized carbons (Fsp3) is 0.500. The molecule has 0 unspecified atom stereocenters. The summed E-state index contributed by atoms with van der Waals surface area (Å²) < 4.78 is 4.96. The highest BCUT2D eigenvalue weighted by atomic mass is 16.5. The molecule has 1 aliphatic heterocycles. The average Bonchev–Trinajstić information content (AvgIpc) is 2.45. The molecule has 21 heavy (non-hydrogen) atoms. The third-order valence-corrected chi connectivity index (χ3v) is 3.61. The highest BCUT2D eigenvalue weighted by Crippen LogP contribution is 2.15. The molecule has 1 fully saturated rings. The fourth-order valence-corrected chi connectivity index (χ4v) is 2.48. The van der Waals surface area contributed by atoms with Crippen LogP contribution in [0.5, 0.6) is 0 Å². The SMILES string of the molecule is CCOC(=O)C[C@H]1C(=O)NCCN1Cc1ccc(C)cc1. The van der Waals surface area contributed by atoms with Gasteiger partial charge in [-0.1, -0.05) is 29.8 Å². The Hall–Kier alpha value is -1.88. The minimum absolute atomic E-state index is 0.0959. The van der Waals surface area contributed by atoms with E-state index in [1.54, 1.807) is 6.92 Å². The number of rotatable bonds is 5. The van der Waals surface area contributed by atoms with E-state index in [4.69, 9.17) is 4.74 Å². The van der Waals surface area contributed by atoms with Crippen LogP contribution in [-0.2, 0) is 20.9 Å². The van der Waals surface area contributed by atoms with Crippen LogP contribution < -0.4 is 5.32 Å². The van der Waals surface area contributed by atoms with Crippen LogP contribution in [0.3, 0.4) is 0 Å². The van der Waals surface area contributed by atoms with Gasteiger partial charge in [-0.15, -0.1) is 0 Å². The van der Waals surface area contributed by atoms with Crippen molar-refractivity contribution >= 4 is 11.9 Å². The molecular formula is C16H22N2O3. The van der Waals surface area contributed by atoms with E-state index in [0.29, 0.717) is 19.7 Å². The van der Waals surface area contributed by atoms with Crippen LogP contribution in [0.2, 0.25) is 0 Å². The molecule has 0 aliphatic carbocycles. The van der Waals surface area contributed by atoms with E-state index in [-0.39, 0.29) is 18.3 Å². The maximum Gasteiger partial charge on any atom is 0.307 e. The number of hydrogen-bond acceptors (Lipinski definition) is 4. The van der Waals surface area contributed by atoms with Crippen LogP contribution in [-0.4, -0.2) is 42.5 Å². The highest BCUT2D eigenvalue weighted by molar-refractivity contribution is 5.87. The molecule has 0 bridgehead atoms. The summed E-state index contributed by atoms with van der Waals surface area (Å²) in [5, 5.41) is 2.82. The van der Waals surface area contributed by atoms with Gasteiger partial charge in [0.2, 0.25) is 5.91 Å². The Kier molecular flexibility index (Phi) is 5.33. The van der Waals surface area contributed by atoms with Crippen molar-refractivity contribution in [2.75, 3.05) is 19.7 Å². The molecule has 1 aliphatic rings. The Balaban J connectivity index is 2.05. The standard InChI is InChI=1S/C16H22N2O3/c1-3-21-15(19)10-14-16(20)17-8-9-18(14)11-13-6-4-12(2)5-7-13/h4-7,14H,3,8-11H2,1-2H3,(H,17,20)/t14-/m0/s1. The lowest BCUT2D eigenvalue weighted by Gasteiger charge is -2.34. The van der Waals surface area contributed by atoms with Crippen molar-refractivity contribution in [3.8, 4) is 0 Å². The number of nitrogens with zero attached hydrogens (tertiary/aromatic N) is 1. The Labute approximate surface area is 125 Å². The van der Waals surface area contributed by atoms with Gasteiger partial charge in [-0.05, 0) is 19.4 Å². The molecule has 1 amide bonds. The van der Waals surface area contributed by atoms with Gasteiger partial charge in [-0.3, -0.25) is 14.5 Å². The summed E-state index contributed by atoms with van der Waals surface area (Å²) in [5.74, 6) is -0.421. The number of ether oxygens (including phenoxy) is 1. The van der Waals surface area contributed by atoms with E-state index in [9.17, 15) is 9.59 Å². The molecule has 5 heteroatoms. The van der Waals surface area contributed by atoms with E-state index >= 15 is 0 Å². The van der Waals surface area contributed by atoms with E-state index < -0.39 is 6.04 Å². The first kappa shape index (κ1) is 15.5. The van der Waals surface area contributed by atoms with E-state index in [0.717, 1.165) is 12.1 Å². The van der Waals surface area contributed by atoms with Gasteiger partial charge in [-0.25, -0.2) is 0 Å². The molecule has 0 radical (unpaired) electrons. The number of carbonyl (C=O) groups excluding carboxylic acids is 2. The molecule has 5 nitrogen and oxygen atoms in total. The van der Waals surface area contributed by atoms with Crippen molar-refractivity contribution < 1.29 is 14.3 Å².